The summed E-state index contributed by atoms with van der Waals surface area (Å²) >= 11 is 8.41. The van der Waals surface area contributed by atoms with E-state index in [-0.39, 0.29) is 0 Å². The normalized spacial score (nSPS) is 15.2. The molecule has 2 saturated heterocycles. The van der Waals surface area contributed by atoms with Gasteiger partial charge in [0.15, 0.2) is 0 Å². The Balaban J connectivity index is 0.000000167. The molecule has 3 N–H and O–H groups in total. The van der Waals surface area contributed by atoms with Crippen LogP contribution in [-0.2, 0) is 12.8 Å². The van der Waals surface area contributed by atoms with Gasteiger partial charge in [-0.15, -0.1) is 0 Å². The van der Waals surface area contributed by atoms with Crippen LogP contribution >= 0.6 is 34.7 Å². The maximum atomic E-state index is 5.71. The highest BCUT2D eigenvalue weighted by atomic mass is 35.5. The molecule has 13 heteroatoms. The molecule has 0 bridgehead atoms. The van der Waals surface area contributed by atoms with Crippen molar-refractivity contribution in [2.45, 2.75) is 25.7 Å². The van der Waals surface area contributed by atoms with Gasteiger partial charge in [-0.3, -0.25) is 0 Å². The van der Waals surface area contributed by atoms with Gasteiger partial charge in [-0.25, -0.2) is 9.97 Å². The van der Waals surface area contributed by atoms with Gasteiger partial charge in [0.1, 0.15) is 23.1 Å². The summed E-state index contributed by atoms with van der Waals surface area (Å²) in [5, 5.41) is 11.0. The van der Waals surface area contributed by atoms with Gasteiger partial charge >= 0.3 is 0 Å². The lowest BCUT2D eigenvalue weighted by molar-refractivity contribution is 0.414. The molecule has 0 spiro atoms. The highest BCUT2D eigenvalue weighted by Gasteiger charge is 2.14. The lowest BCUT2D eigenvalue weighted by atomic mass is 10.1. The number of nitrogens with zero attached hydrogens (tertiary/aromatic N) is 5. The monoisotopic (exact) mass is 644 g/mol. The van der Waals surface area contributed by atoms with Crippen LogP contribution < -0.4 is 30.3 Å². The van der Waals surface area contributed by atoms with Crippen LogP contribution in [0, 0.1) is 0 Å². The first kappa shape index (κ1) is 33.0. The number of hydrogen-bond acceptors (Lipinski definition) is 12. The first-order valence-electron chi connectivity index (χ1n) is 14.6. The van der Waals surface area contributed by atoms with E-state index in [0.717, 1.165) is 86.0 Å². The number of anilines is 1. The van der Waals surface area contributed by atoms with Crippen molar-refractivity contribution in [3.63, 3.8) is 0 Å². The Kier molecular flexibility index (Phi) is 14.4. The molecule has 2 aliphatic heterocycles. The lowest BCUT2D eigenvalue weighted by Crippen LogP contribution is -2.27. The predicted molar refractivity (Wildman–Crippen MR) is 176 cm³/mol. The molecule has 4 heterocycles. The maximum absolute atomic E-state index is 5.71. The molecule has 0 radical (unpaired) electrons. The predicted octanol–water partition coefficient (Wildman–Crippen LogP) is 4.30. The number of benzene rings is 2. The van der Waals surface area contributed by atoms with Crippen LogP contribution in [0.25, 0.3) is 0 Å². The van der Waals surface area contributed by atoms with Crippen LogP contribution in [0.4, 0.5) is 5.13 Å². The molecule has 0 saturated carbocycles. The van der Waals surface area contributed by atoms with Crippen LogP contribution in [-0.4, -0.2) is 85.3 Å². The molecule has 2 aromatic carbocycles. The van der Waals surface area contributed by atoms with E-state index in [1.807, 2.05) is 42.5 Å². The van der Waals surface area contributed by atoms with Crippen molar-refractivity contribution >= 4 is 39.8 Å². The van der Waals surface area contributed by atoms with Crippen LogP contribution in [0.5, 0.6) is 11.5 Å². The highest BCUT2D eigenvalue weighted by molar-refractivity contribution is 7.10. The zero-order valence-corrected chi connectivity index (χ0v) is 27.2. The number of methoxy groups -OCH3 is 2. The first-order valence-corrected chi connectivity index (χ1v) is 16.5. The molecule has 0 amide bonds. The summed E-state index contributed by atoms with van der Waals surface area (Å²) in [6, 6.07) is 15.9. The molecule has 0 atom stereocenters. The fourth-order valence-corrected chi connectivity index (χ4v) is 5.85. The van der Waals surface area contributed by atoms with Gasteiger partial charge in [0, 0.05) is 57.1 Å². The van der Waals surface area contributed by atoms with E-state index in [2.05, 4.69) is 40.6 Å². The minimum absolute atomic E-state index is 0.480. The molecule has 2 aliphatic rings. The van der Waals surface area contributed by atoms with Crippen molar-refractivity contribution in [2.75, 3.05) is 71.5 Å². The third-order valence-corrected chi connectivity index (χ3v) is 8.34. The number of aromatic nitrogens is 4. The second-order valence-electron chi connectivity index (χ2n) is 9.96. The zero-order valence-electron chi connectivity index (χ0n) is 24.9. The van der Waals surface area contributed by atoms with E-state index in [1.165, 1.54) is 48.1 Å². The Hall–Kier alpha value is -2.87. The largest absolute Gasteiger partial charge is 0.497 e. The summed E-state index contributed by atoms with van der Waals surface area (Å²) in [5.74, 6) is 3.36. The standard InChI is InChI=1S/C15H20N4OS.C10H9ClN2OS.C5H12N2/c1-20-13-5-2-4-12(10-13)11-14-17-15(21-18-14)19-8-3-6-16-7-9-19;1-14-8-4-2-3-7(5-8)6-9-12-10(11)15-13-9;1-2-6-4-5-7-3-1/h2,4-5,10,16H,3,6-9,11H2,1H3;2-5H,6H2,1H3;6-7H,1-5H2. The topological polar surface area (TPSA) is 109 Å². The van der Waals surface area contributed by atoms with E-state index >= 15 is 0 Å². The van der Waals surface area contributed by atoms with E-state index < -0.39 is 0 Å². The Labute approximate surface area is 267 Å². The van der Waals surface area contributed by atoms with E-state index in [4.69, 9.17) is 26.1 Å². The lowest BCUT2D eigenvalue weighted by Gasteiger charge is -2.17. The molecule has 232 valence electrons. The van der Waals surface area contributed by atoms with Gasteiger partial charge < -0.3 is 30.3 Å². The second kappa shape index (κ2) is 18.7. The second-order valence-corrected chi connectivity index (χ2v) is 12.0. The molecule has 2 fully saturated rings. The van der Waals surface area contributed by atoms with Gasteiger partial charge in [-0.2, -0.15) is 8.75 Å². The van der Waals surface area contributed by atoms with Gasteiger partial charge in [0.2, 0.25) is 9.60 Å². The average molecular weight is 645 g/mol. The quantitative estimate of drug-likeness (QED) is 0.270. The summed E-state index contributed by atoms with van der Waals surface area (Å²) < 4.78 is 19.5. The molecule has 43 heavy (non-hydrogen) atoms. The van der Waals surface area contributed by atoms with E-state index in [0.29, 0.717) is 10.9 Å². The van der Waals surface area contributed by atoms with Crippen LogP contribution in [0.3, 0.4) is 0 Å². The first-order chi connectivity index (χ1) is 21.1. The molecule has 2 aromatic heterocycles. The van der Waals surface area contributed by atoms with Crippen LogP contribution in [0.1, 0.15) is 35.6 Å². The number of halogens is 1. The minimum atomic E-state index is 0.480. The zero-order chi connectivity index (χ0) is 30.1. The highest BCUT2D eigenvalue weighted by Crippen LogP contribution is 2.21. The minimum Gasteiger partial charge on any atom is -0.497 e. The molecular weight excluding hydrogens is 604 g/mol. The summed E-state index contributed by atoms with van der Waals surface area (Å²) in [5.41, 5.74) is 2.29. The average Bonchev–Trinajstić information content (AvgIpc) is 3.41. The van der Waals surface area contributed by atoms with Gasteiger partial charge in [-0.1, -0.05) is 24.3 Å². The smallest absolute Gasteiger partial charge is 0.205 e. The van der Waals surface area contributed by atoms with Crippen molar-refractivity contribution in [2.24, 2.45) is 0 Å². The van der Waals surface area contributed by atoms with Crippen LogP contribution in [0.15, 0.2) is 48.5 Å². The molecule has 0 unspecified atom stereocenters. The van der Waals surface area contributed by atoms with Gasteiger partial charge in [0.05, 0.1) is 14.2 Å². The molecular formula is C30H41ClN8O2S2. The van der Waals surface area contributed by atoms with Crippen molar-refractivity contribution in [3.05, 3.63) is 75.8 Å². The summed E-state index contributed by atoms with van der Waals surface area (Å²) in [4.78, 5) is 11.1. The fourth-order valence-electron chi connectivity index (χ4n) is 4.48. The number of ether oxygens (including phenoxy) is 2. The van der Waals surface area contributed by atoms with Gasteiger partial charge in [0.25, 0.3) is 0 Å². The van der Waals surface area contributed by atoms with E-state index in [9.17, 15) is 0 Å². The van der Waals surface area contributed by atoms with Crippen molar-refractivity contribution in [1.82, 2.24) is 34.7 Å². The summed E-state index contributed by atoms with van der Waals surface area (Å²) in [7, 11) is 3.34. The molecule has 6 rings (SSSR count). The molecule has 4 aromatic rings. The maximum Gasteiger partial charge on any atom is 0.205 e. The van der Waals surface area contributed by atoms with Crippen molar-refractivity contribution in [3.8, 4) is 11.5 Å². The summed E-state index contributed by atoms with van der Waals surface area (Å²) in [6.45, 7) is 8.82. The van der Waals surface area contributed by atoms with Gasteiger partial charge in [-0.05, 0) is 91.0 Å². The molecule has 10 nitrogen and oxygen atoms in total. The molecule has 0 aliphatic carbocycles. The van der Waals surface area contributed by atoms with Crippen LogP contribution in [0.2, 0.25) is 4.47 Å². The Morgan fingerprint density at radius 1 is 0.721 bits per heavy atom. The van der Waals surface area contributed by atoms with Crippen molar-refractivity contribution < 1.29 is 9.47 Å². The van der Waals surface area contributed by atoms with E-state index in [1.54, 1.807) is 14.2 Å². The third kappa shape index (κ3) is 12.0. The third-order valence-electron chi connectivity index (χ3n) is 6.69. The fraction of sp³-hybridized carbons (Fsp3) is 0.467. The Morgan fingerprint density at radius 3 is 1.91 bits per heavy atom. The number of nitrogens with one attached hydrogen (secondary N) is 3. The Bertz CT molecular complexity index is 1330. The Morgan fingerprint density at radius 2 is 1.30 bits per heavy atom. The number of rotatable bonds is 7. The SMILES string of the molecule is C1CNCCNC1.COc1cccc(Cc2nsc(Cl)n2)c1.COc1cccc(Cc2nsc(N3CCCNCC3)n2)c1. The summed E-state index contributed by atoms with van der Waals surface area (Å²) in [6.07, 6.45) is 3.87. The van der Waals surface area contributed by atoms with Crippen molar-refractivity contribution in [1.29, 1.82) is 0 Å². The number of hydrogen-bond donors (Lipinski definition) is 3.